The van der Waals surface area contributed by atoms with Crippen molar-refractivity contribution in [2.45, 2.75) is 6.04 Å². The summed E-state index contributed by atoms with van der Waals surface area (Å²) in [5, 5.41) is 0.991. The number of hydrogen-bond donors (Lipinski definition) is 3. The molecule has 2 heterocycles. The highest BCUT2D eigenvalue weighted by Gasteiger charge is 2.39. The van der Waals surface area contributed by atoms with Crippen molar-refractivity contribution in [1.82, 2.24) is 20.7 Å². The Bertz CT molecular complexity index is 1330. The molecule has 4 aromatic rings. The van der Waals surface area contributed by atoms with Crippen LogP contribution in [0.4, 0.5) is 0 Å². The summed E-state index contributed by atoms with van der Waals surface area (Å²) in [6, 6.07) is 23.4. The maximum atomic E-state index is 13.2. The minimum absolute atomic E-state index is 0.202. The van der Waals surface area contributed by atoms with Gasteiger partial charge in [0.2, 0.25) is 0 Å². The Morgan fingerprint density at radius 2 is 1.56 bits per heavy atom. The summed E-state index contributed by atoms with van der Waals surface area (Å²) in [4.78, 5) is 42.9. The minimum Gasteiger partial charge on any atom is -0.361 e. The first-order chi connectivity index (χ1) is 15.6. The summed E-state index contributed by atoms with van der Waals surface area (Å²) in [5.41, 5.74) is 8.55. The van der Waals surface area contributed by atoms with E-state index in [2.05, 4.69) is 15.8 Å². The zero-order chi connectivity index (χ0) is 22.1. The van der Waals surface area contributed by atoms with Crippen LogP contribution in [0.1, 0.15) is 37.9 Å². The molecule has 158 valence electrons. The van der Waals surface area contributed by atoms with E-state index in [1.54, 1.807) is 36.4 Å². The van der Waals surface area contributed by atoms with Gasteiger partial charge in [-0.2, -0.15) is 0 Å². The SMILES string of the molecule is O=C(CN1C(=O)c2ccccc2C1c1c[nH]c2ccccc12)NNC(=O)c1ccccc1. The molecule has 0 spiro atoms. The molecule has 1 aliphatic rings. The van der Waals surface area contributed by atoms with Gasteiger partial charge in [0.15, 0.2) is 0 Å². The van der Waals surface area contributed by atoms with Crippen molar-refractivity contribution in [1.29, 1.82) is 0 Å². The smallest absolute Gasteiger partial charge is 0.269 e. The summed E-state index contributed by atoms with van der Waals surface area (Å²) >= 11 is 0. The molecule has 32 heavy (non-hydrogen) atoms. The van der Waals surface area contributed by atoms with Crippen LogP contribution in [-0.2, 0) is 4.79 Å². The lowest BCUT2D eigenvalue weighted by atomic mass is 9.97. The molecular weight excluding hydrogens is 404 g/mol. The number of aromatic amines is 1. The van der Waals surface area contributed by atoms with Crippen molar-refractivity contribution < 1.29 is 14.4 Å². The second-order valence-corrected chi connectivity index (χ2v) is 7.58. The van der Waals surface area contributed by atoms with Gasteiger partial charge in [0, 0.05) is 33.8 Å². The summed E-state index contributed by atoms with van der Waals surface area (Å²) in [6.45, 7) is -0.202. The zero-order valence-electron chi connectivity index (χ0n) is 17.0. The summed E-state index contributed by atoms with van der Waals surface area (Å²) < 4.78 is 0. The second-order valence-electron chi connectivity index (χ2n) is 7.58. The van der Waals surface area contributed by atoms with E-state index < -0.39 is 17.9 Å². The summed E-state index contributed by atoms with van der Waals surface area (Å²) in [5.74, 6) is -1.14. The molecule has 0 saturated carbocycles. The van der Waals surface area contributed by atoms with E-state index in [0.717, 1.165) is 22.0 Å². The van der Waals surface area contributed by atoms with Gasteiger partial charge in [-0.15, -0.1) is 0 Å². The number of benzene rings is 3. The van der Waals surface area contributed by atoms with Crippen LogP contribution >= 0.6 is 0 Å². The predicted molar refractivity (Wildman–Crippen MR) is 120 cm³/mol. The van der Waals surface area contributed by atoms with Gasteiger partial charge in [-0.05, 0) is 29.8 Å². The van der Waals surface area contributed by atoms with Gasteiger partial charge in [-0.25, -0.2) is 0 Å². The molecule has 0 radical (unpaired) electrons. The fraction of sp³-hybridized carbons (Fsp3) is 0.0800. The van der Waals surface area contributed by atoms with E-state index in [1.807, 2.05) is 48.7 Å². The minimum atomic E-state index is -0.486. The van der Waals surface area contributed by atoms with Gasteiger partial charge >= 0.3 is 0 Å². The first-order valence-electron chi connectivity index (χ1n) is 10.2. The van der Waals surface area contributed by atoms with Gasteiger partial charge in [0.05, 0.1) is 6.04 Å². The number of carbonyl (C=O) groups excluding carboxylic acids is 3. The molecule has 0 aliphatic carbocycles. The van der Waals surface area contributed by atoms with Gasteiger partial charge in [0.25, 0.3) is 17.7 Å². The Labute approximate surface area is 184 Å². The number of nitrogens with one attached hydrogen (secondary N) is 3. The van der Waals surface area contributed by atoms with Crippen molar-refractivity contribution in [3.05, 3.63) is 107 Å². The number of amides is 3. The third kappa shape index (κ3) is 3.39. The number of hydrogen-bond acceptors (Lipinski definition) is 3. The van der Waals surface area contributed by atoms with E-state index >= 15 is 0 Å². The number of H-pyrrole nitrogens is 1. The van der Waals surface area contributed by atoms with E-state index in [0.29, 0.717) is 11.1 Å². The standard InChI is InChI=1S/C25H20N4O3/c30-22(27-28-24(31)16-8-2-1-3-9-16)15-29-23(18-11-4-5-12-19(18)25(29)32)20-14-26-21-13-7-6-10-17(20)21/h1-14,23,26H,15H2,(H,27,30)(H,28,31). The average Bonchev–Trinajstić information content (AvgIpc) is 3.37. The Hall–Kier alpha value is -4.39. The number of hydrazine groups is 1. The molecule has 3 amide bonds. The van der Waals surface area contributed by atoms with Crippen LogP contribution in [0.25, 0.3) is 10.9 Å². The lowest BCUT2D eigenvalue weighted by Gasteiger charge is -2.25. The molecule has 0 bridgehead atoms. The fourth-order valence-electron chi connectivity index (χ4n) is 4.17. The van der Waals surface area contributed by atoms with Crippen LogP contribution in [0.15, 0.2) is 85.1 Å². The van der Waals surface area contributed by atoms with Crippen LogP contribution in [0.2, 0.25) is 0 Å². The quantitative estimate of drug-likeness (QED) is 0.439. The van der Waals surface area contributed by atoms with Gasteiger partial charge in [-0.3, -0.25) is 25.2 Å². The topological polar surface area (TPSA) is 94.3 Å². The maximum Gasteiger partial charge on any atom is 0.269 e. The monoisotopic (exact) mass is 424 g/mol. The largest absolute Gasteiger partial charge is 0.361 e. The summed E-state index contributed by atoms with van der Waals surface area (Å²) in [6.07, 6.45) is 1.88. The van der Waals surface area contributed by atoms with Crippen molar-refractivity contribution in [3.63, 3.8) is 0 Å². The van der Waals surface area contributed by atoms with Crippen LogP contribution in [-0.4, -0.2) is 34.2 Å². The van der Waals surface area contributed by atoms with Crippen molar-refractivity contribution in [3.8, 4) is 0 Å². The Kier molecular flexibility index (Phi) is 4.91. The van der Waals surface area contributed by atoms with Crippen molar-refractivity contribution in [2.75, 3.05) is 6.54 Å². The molecule has 0 saturated heterocycles. The van der Waals surface area contributed by atoms with E-state index in [-0.39, 0.29) is 12.5 Å². The van der Waals surface area contributed by atoms with Crippen molar-refractivity contribution >= 4 is 28.6 Å². The Morgan fingerprint density at radius 1 is 0.844 bits per heavy atom. The molecule has 5 rings (SSSR count). The van der Waals surface area contributed by atoms with Gasteiger partial charge in [0.1, 0.15) is 6.54 Å². The van der Waals surface area contributed by atoms with Gasteiger partial charge in [-0.1, -0.05) is 54.6 Å². The predicted octanol–water partition coefficient (Wildman–Crippen LogP) is 3.17. The second kappa shape index (κ2) is 8.03. The van der Waals surface area contributed by atoms with Gasteiger partial charge < -0.3 is 9.88 Å². The van der Waals surface area contributed by atoms with E-state index in [4.69, 9.17) is 0 Å². The highest BCUT2D eigenvalue weighted by molar-refractivity contribution is 6.03. The number of fused-ring (bicyclic) bond motifs is 2. The average molecular weight is 424 g/mol. The van der Waals surface area contributed by atoms with E-state index in [9.17, 15) is 14.4 Å². The normalized spacial score (nSPS) is 14.9. The highest BCUT2D eigenvalue weighted by Crippen LogP contribution is 2.40. The molecule has 1 aliphatic heterocycles. The molecule has 3 aromatic carbocycles. The number of carbonyl (C=O) groups is 3. The third-order valence-corrected chi connectivity index (χ3v) is 5.64. The third-order valence-electron chi connectivity index (χ3n) is 5.64. The first-order valence-corrected chi connectivity index (χ1v) is 10.2. The van der Waals surface area contributed by atoms with Crippen LogP contribution in [0.5, 0.6) is 0 Å². The number of para-hydroxylation sites is 1. The molecule has 0 fully saturated rings. The first kappa shape index (κ1) is 19.6. The van der Waals surface area contributed by atoms with Crippen LogP contribution < -0.4 is 10.9 Å². The Balaban J connectivity index is 1.40. The lowest BCUT2D eigenvalue weighted by molar-refractivity contribution is -0.122. The molecule has 1 atom stereocenters. The molecule has 3 N–H and O–H groups in total. The van der Waals surface area contributed by atoms with Crippen LogP contribution in [0.3, 0.4) is 0 Å². The molecule has 1 unspecified atom stereocenters. The molecule has 7 nitrogen and oxygen atoms in total. The molecule has 7 heteroatoms. The summed E-state index contributed by atoms with van der Waals surface area (Å²) in [7, 11) is 0. The molecule has 1 aromatic heterocycles. The number of nitrogens with zero attached hydrogens (tertiary/aromatic N) is 1. The Morgan fingerprint density at radius 3 is 2.41 bits per heavy atom. The lowest BCUT2D eigenvalue weighted by Crippen LogP contribution is -2.47. The van der Waals surface area contributed by atoms with Crippen LogP contribution in [0, 0.1) is 0 Å². The highest BCUT2D eigenvalue weighted by atomic mass is 16.2. The molecular formula is C25H20N4O3. The van der Waals surface area contributed by atoms with Crippen molar-refractivity contribution in [2.24, 2.45) is 0 Å². The maximum absolute atomic E-state index is 13.2. The van der Waals surface area contributed by atoms with E-state index in [1.165, 1.54) is 4.90 Å². The fourth-order valence-corrected chi connectivity index (χ4v) is 4.17. The zero-order valence-corrected chi connectivity index (χ0v) is 17.0. The number of rotatable bonds is 4. The number of aromatic nitrogens is 1.